The van der Waals surface area contributed by atoms with Crippen LogP contribution in [0.5, 0.6) is 0 Å². The fourth-order valence-electron chi connectivity index (χ4n) is 1.98. The summed E-state index contributed by atoms with van der Waals surface area (Å²) in [4.78, 5) is 0. The molecule has 0 spiro atoms. The second-order valence-electron chi connectivity index (χ2n) is 3.71. The maximum Gasteiger partial charge on any atom is 0.101 e. The SMILES string of the molecule is BCCC1C(=C)C(=C)C(=C)C1C. The van der Waals surface area contributed by atoms with Crippen LogP contribution >= 0.6 is 0 Å². The van der Waals surface area contributed by atoms with Crippen molar-refractivity contribution in [2.24, 2.45) is 11.8 Å². The van der Waals surface area contributed by atoms with E-state index in [-0.39, 0.29) is 0 Å². The zero-order chi connectivity index (χ0) is 9.30. The zero-order valence-electron chi connectivity index (χ0n) is 8.19. The van der Waals surface area contributed by atoms with Crippen molar-refractivity contribution in [3.05, 3.63) is 36.5 Å². The van der Waals surface area contributed by atoms with E-state index in [1.165, 1.54) is 23.9 Å². The molecule has 0 bridgehead atoms. The minimum Gasteiger partial charge on any atom is -0.0950 e. The van der Waals surface area contributed by atoms with Gasteiger partial charge in [0.15, 0.2) is 0 Å². The highest BCUT2D eigenvalue weighted by atomic mass is 14.4. The second kappa shape index (κ2) is 3.34. The van der Waals surface area contributed by atoms with Crippen molar-refractivity contribution >= 4 is 7.85 Å². The lowest BCUT2D eigenvalue weighted by atomic mass is 9.85. The maximum absolute atomic E-state index is 4.08. The van der Waals surface area contributed by atoms with Crippen LogP contribution in [0, 0.1) is 11.8 Å². The van der Waals surface area contributed by atoms with Gasteiger partial charge in [0.25, 0.3) is 0 Å². The lowest BCUT2D eigenvalue weighted by Crippen LogP contribution is -2.05. The van der Waals surface area contributed by atoms with E-state index in [0.717, 1.165) is 5.57 Å². The van der Waals surface area contributed by atoms with Crippen molar-refractivity contribution in [2.45, 2.75) is 19.7 Å². The van der Waals surface area contributed by atoms with E-state index in [0.29, 0.717) is 11.8 Å². The highest BCUT2D eigenvalue weighted by Gasteiger charge is 2.31. The highest BCUT2D eigenvalue weighted by Crippen LogP contribution is 2.44. The summed E-state index contributed by atoms with van der Waals surface area (Å²) in [6, 6.07) is 0. The van der Waals surface area contributed by atoms with Gasteiger partial charge in [-0.1, -0.05) is 39.4 Å². The van der Waals surface area contributed by atoms with E-state index < -0.39 is 0 Å². The summed E-state index contributed by atoms with van der Waals surface area (Å²) in [5.41, 5.74) is 3.51. The Labute approximate surface area is 76.5 Å². The highest BCUT2D eigenvalue weighted by molar-refractivity contribution is 6.08. The summed E-state index contributed by atoms with van der Waals surface area (Å²) < 4.78 is 0. The first-order valence-corrected chi connectivity index (χ1v) is 4.66. The Morgan fingerprint density at radius 3 is 2.17 bits per heavy atom. The van der Waals surface area contributed by atoms with Crippen molar-refractivity contribution < 1.29 is 0 Å². The quantitative estimate of drug-likeness (QED) is 0.544. The average Bonchev–Trinajstić information content (AvgIpc) is 2.23. The largest absolute Gasteiger partial charge is 0.101 e. The molecule has 1 saturated carbocycles. The number of hydrogen-bond donors (Lipinski definition) is 0. The molecule has 0 aromatic rings. The molecule has 2 unspecified atom stereocenters. The van der Waals surface area contributed by atoms with Crippen LogP contribution in [-0.4, -0.2) is 7.85 Å². The van der Waals surface area contributed by atoms with Crippen molar-refractivity contribution in [1.29, 1.82) is 0 Å². The second-order valence-corrected chi connectivity index (χ2v) is 3.71. The molecule has 0 aliphatic heterocycles. The van der Waals surface area contributed by atoms with Gasteiger partial charge in [-0.2, -0.15) is 0 Å². The third-order valence-corrected chi connectivity index (χ3v) is 2.98. The third kappa shape index (κ3) is 1.28. The number of hydrogen-bond acceptors (Lipinski definition) is 0. The van der Waals surface area contributed by atoms with Gasteiger partial charge in [0, 0.05) is 0 Å². The third-order valence-electron chi connectivity index (χ3n) is 2.98. The van der Waals surface area contributed by atoms with Crippen LogP contribution in [0.1, 0.15) is 13.3 Å². The first kappa shape index (κ1) is 9.37. The van der Waals surface area contributed by atoms with Gasteiger partial charge in [0.05, 0.1) is 0 Å². The van der Waals surface area contributed by atoms with Gasteiger partial charge in [-0.05, 0) is 28.6 Å². The molecule has 0 saturated heterocycles. The van der Waals surface area contributed by atoms with Crippen LogP contribution in [0.25, 0.3) is 0 Å². The van der Waals surface area contributed by atoms with E-state index in [4.69, 9.17) is 0 Å². The van der Waals surface area contributed by atoms with E-state index in [1.54, 1.807) is 0 Å². The predicted molar refractivity (Wildman–Crippen MR) is 58.0 cm³/mol. The molecule has 12 heavy (non-hydrogen) atoms. The molecule has 0 radical (unpaired) electrons. The Hall–Kier alpha value is -0.715. The molecule has 2 atom stereocenters. The fraction of sp³-hybridized carbons (Fsp3) is 0.455. The molecule has 1 heteroatoms. The molecular formula is C11H17B. The van der Waals surface area contributed by atoms with Gasteiger partial charge < -0.3 is 0 Å². The lowest BCUT2D eigenvalue weighted by Gasteiger charge is -2.14. The Balaban J connectivity index is 2.83. The molecule has 1 fully saturated rings. The van der Waals surface area contributed by atoms with Crippen LogP contribution < -0.4 is 0 Å². The summed E-state index contributed by atoms with van der Waals surface area (Å²) in [6.45, 7) is 14.3. The number of rotatable bonds is 2. The van der Waals surface area contributed by atoms with Crippen molar-refractivity contribution in [1.82, 2.24) is 0 Å². The summed E-state index contributed by atoms with van der Waals surface area (Å²) in [6.07, 6.45) is 2.44. The molecule has 0 heterocycles. The number of allylic oxidation sites excluding steroid dienone is 3. The van der Waals surface area contributed by atoms with Gasteiger partial charge in [-0.25, -0.2) is 0 Å². The van der Waals surface area contributed by atoms with Gasteiger partial charge >= 0.3 is 0 Å². The summed E-state index contributed by atoms with van der Waals surface area (Å²) >= 11 is 0. The summed E-state index contributed by atoms with van der Waals surface area (Å²) in [7, 11) is 2.21. The van der Waals surface area contributed by atoms with E-state index in [9.17, 15) is 0 Å². The zero-order valence-corrected chi connectivity index (χ0v) is 8.19. The lowest BCUT2D eigenvalue weighted by molar-refractivity contribution is 0.498. The van der Waals surface area contributed by atoms with Crippen LogP contribution in [0.4, 0.5) is 0 Å². The molecule has 0 amide bonds. The molecule has 0 aromatic carbocycles. The minimum atomic E-state index is 0.560. The molecule has 0 N–H and O–H groups in total. The molecule has 64 valence electrons. The average molecular weight is 160 g/mol. The van der Waals surface area contributed by atoms with Crippen LogP contribution in [0.3, 0.4) is 0 Å². The summed E-state index contributed by atoms with van der Waals surface area (Å²) in [5, 5.41) is 0. The van der Waals surface area contributed by atoms with Crippen molar-refractivity contribution in [3.63, 3.8) is 0 Å². The van der Waals surface area contributed by atoms with Crippen LogP contribution in [0.2, 0.25) is 6.32 Å². The van der Waals surface area contributed by atoms with Gasteiger partial charge in [0.1, 0.15) is 7.85 Å². The van der Waals surface area contributed by atoms with Crippen LogP contribution in [-0.2, 0) is 0 Å². The standard InChI is InChI=1S/C11H17B/c1-7-8(2)10(4)11(5-6-12)9(7)3/h10-11H,1-3,5-6,12H2,4H3. The molecule has 0 aromatic heterocycles. The Kier molecular flexibility index (Phi) is 2.61. The maximum atomic E-state index is 4.08. The van der Waals surface area contributed by atoms with E-state index >= 15 is 0 Å². The molecule has 1 rings (SSSR count). The van der Waals surface area contributed by atoms with Gasteiger partial charge in [0.2, 0.25) is 0 Å². The predicted octanol–water partition coefficient (Wildman–Crippen LogP) is 2.36. The minimum absolute atomic E-state index is 0.560. The smallest absolute Gasteiger partial charge is 0.0950 e. The Bertz CT molecular complexity index is 237. The molecule has 1 aliphatic rings. The summed E-state index contributed by atoms with van der Waals surface area (Å²) in [5.74, 6) is 1.17. The van der Waals surface area contributed by atoms with Crippen molar-refractivity contribution in [3.8, 4) is 0 Å². The molecule has 1 aliphatic carbocycles. The fourth-order valence-corrected chi connectivity index (χ4v) is 1.98. The van der Waals surface area contributed by atoms with Gasteiger partial charge in [-0.15, -0.1) is 0 Å². The van der Waals surface area contributed by atoms with E-state index in [1.807, 2.05) is 0 Å². The topological polar surface area (TPSA) is 0 Å². The van der Waals surface area contributed by atoms with E-state index in [2.05, 4.69) is 34.5 Å². The Morgan fingerprint density at radius 1 is 1.25 bits per heavy atom. The molecule has 0 nitrogen and oxygen atoms in total. The van der Waals surface area contributed by atoms with Crippen molar-refractivity contribution in [2.75, 3.05) is 0 Å². The van der Waals surface area contributed by atoms with Gasteiger partial charge in [-0.3, -0.25) is 0 Å². The normalized spacial score (nSPS) is 29.9. The molecular weight excluding hydrogens is 143 g/mol. The van der Waals surface area contributed by atoms with Crippen LogP contribution in [0.15, 0.2) is 36.5 Å². The monoisotopic (exact) mass is 160 g/mol. The Morgan fingerprint density at radius 2 is 1.83 bits per heavy atom. The first-order valence-electron chi connectivity index (χ1n) is 4.66. The first-order chi connectivity index (χ1) is 5.59.